The van der Waals surface area contributed by atoms with Crippen LogP contribution in [0.4, 0.5) is 0 Å². The molecule has 0 radical (unpaired) electrons. The van der Waals surface area contributed by atoms with Crippen molar-refractivity contribution in [1.29, 1.82) is 0 Å². The minimum atomic E-state index is 0.162. The van der Waals surface area contributed by atoms with Crippen molar-refractivity contribution in [2.24, 2.45) is 4.99 Å². The molecule has 0 saturated heterocycles. The van der Waals surface area contributed by atoms with Gasteiger partial charge in [-0.05, 0) is 44.4 Å². The molecule has 0 aliphatic carbocycles. The van der Waals surface area contributed by atoms with E-state index in [-0.39, 0.29) is 6.10 Å². The Morgan fingerprint density at radius 1 is 1.15 bits per heavy atom. The monoisotopic (exact) mass is 372 g/mol. The second-order valence-electron chi connectivity index (χ2n) is 6.82. The molecule has 6 heteroatoms. The lowest BCUT2D eigenvalue weighted by molar-refractivity contribution is 0.242. The number of guanidine groups is 1. The fraction of sp³-hybridized carbons (Fsp3) is 0.524. The van der Waals surface area contributed by atoms with Crippen LogP contribution in [0.15, 0.2) is 39.8 Å². The molecule has 2 aromatic rings. The molecule has 0 atom stereocenters. The molecular weight excluding hydrogens is 340 g/mol. The molecule has 1 aromatic carbocycles. The molecule has 0 unspecified atom stereocenters. The summed E-state index contributed by atoms with van der Waals surface area (Å²) in [5.74, 6) is 2.86. The van der Waals surface area contributed by atoms with Gasteiger partial charge in [-0.15, -0.1) is 0 Å². The molecule has 0 fully saturated rings. The van der Waals surface area contributed by atoms with Crippen molar-refractivity contribution in [2.75, 3.05) is 7.05 Å². The fourth-order valence-corrected chi connectivity index (χ4v) is 2.89. The second kappa shape index (κ2) is 10.6. The lowest BCUT2D eigenvalue weighted by Crippen LogP contribution is -2.36. The lowest BCUT2D eigenvalue weighted by Gasteiger charge is -2.13. The third kappa shape index (κ3) is 6.62. The van der Waals surface area contributed by atoms with Gasteiger partial charge in [0.15, 0.2) is 11.7 Å². The molecule has 148 valence electrons. The summed E-state index contributed by atoms with van der Waals surface area (Å²) in [6, 6.07) is 10.1. The van der Waals surface area contributed by atoms with Gasteiger partial charge in [0.25, 0.3) is 0 Å². The zero-order chi connectivity index (χ0) is 19.6. The topological polar surface area (TPSA) is 71.7 Å². The predicted octanol–water partition coefficient (Wildman–Crippen LogP) is 4.23. The molecule has 0 aliphatic rings. The summed E-state index contributed by atoms with van der Waals surface area (Å²) in [4.78, 5) is 4.26. The van der Waals surface area contributed by atoms with Crippen LogP contribution in [-0.4, -0.2) is 24.3 Å². The van der Waals surface area contributed by atoms with Gasteiger partial charge < -0.3 is 19.9 Å². The normalized spacial score (nSPS) is 11.9. The molecule has 2 N–H and O–H groups in total. The number of nitrogens with one attached hydrogen (secondary N) is 2. The van der Waals surface area contributed by atoms with Crippen LogP contribution in [0, 0.1) is 0 Å². The Labute approximate surface area is 162 Å². The van der Waals surface area contributed by atoms with Crippen molar-refractivity contribution >= 4 is 5.96 Å². The summed E-state index contributed by atoms with van der Waals surface area (Å²) >= 11 is 0. The average Bonchev–Trinajstić information content (AvgIpc) is 3.11. The molecule has 0 spiro atoms. The molecule has 6 nitrogen and oxygen atoms in total. The predicted molar refractivity (Wildman–Crippen MR) is 109 cm³/mol. The summed E-state index contributed by atoms with van der Waals surface area (Å²) in [5.41, 5.74) is 2.16. The number of hydrogen-bond donors (Lipinski definition) is 2. The first-order valence-electron chi connectivity index (χ1n) is 9.71. The van der Waals surface area contributed by atoms with E-state index in [0.29, 0.717) is 25.0 Å². The average molecular weight is 373 g/mol. The van der Waals surface area contributed by atoms with Crippen LogP contribution >= 0.6 is 0 Å². The summed E-state index contributed by atoms with van der Waals surface area (Å²) < 4.78 is 11.2. The molecule has 0 bridgehead atoms. The highest BCUT2D eigenvalue weighted by atomic mass is 16.5. The molecule has 27 heavy (non-hydrogen) atoms. The summed E-state index contributed by atoms with van der Waals surface area (Å²) in [6.45, 7) is 9.60. The van der Waals surface area contributed by atoms with Crippen LogP contribution in [0.2, 0.25) is 0 Å². The second-order valence-corrected chi connectivity index (χ2v) is 6.82. The van der Waals surface area contributed by atoms with Crippen molar-refractivity contribution in [3.63, 3.8) is 0 Å². The van der Waals surface area contributed by atoms with Gasteiger partial charge in [-0.2, -0.15) is 0 Å². The van der Waals surface area contributed by atoms with Crippen molar-refractivity contribution in [3.8, 4) is 5.75 Å². The van der Waals surface area contributed by atoms with Crippen molar-refractivity contribution in [2.45, 2.75) is 65.6 Å². The first-order valence-corrected chi connectivity index (χ1v) is 9.71. The Hall–Kier alpha value is -2.50. The zero-order valence-corrected chi connectivity index (χ0v) is 17.1. The maximum atomic E-state index is 5.74. The highest BCUT2D eigenvalue weighted by molar-refractivity contribution is 5.79. The minimum Gasteiger partial charge on any atom is -0.491 e. The van der Waals surface area contributed by atoms with Crippen LogP contribution in [0.25, 0.3) is 0 Å². The quantitative estimate of drug-likeness (QED) is 0.509. The highest BCUT2D eigenvalue weighted by Gasteiger charge is 2.13. The van der Waals surface area contributed by atoms with Gasteiger partial charge in [-0.25, -0.2) is 0 Å². The van der Waals surface area contributed by atoms with Gasteiger partial charge in [0.2, 0.25) is 0 Å². The zero-order valence-electron chi connectivity index (χ0n) is 17.1. The summed E-state index contributed by atoms with van der Waals surface area (Å²) in [6.07, 6.45) is 2.30. The van der Waals surface area contributed by atoms with Gasteiger partial charge in [0, 0.05) is 25.6 Å². The third-order valence-electron chi connectivity index (χ3n) is 4.36. The highest BCUT2D eigenvalue weighted by Crippen LogP contribution is 2.22. The largest absolute Gasteiger partial charge is 0.491 e. The smallest absolute Gasteiger partial charge is 0.191 e. The van der Waals surface area contributed by atoms with E-state index in [1.165, 1.54) is 0 Å². The van der Waals surface area contributed by atoms with E-state index in [2.05, 4.69) is 40.7 Å². The molecule has 0 amide bonds. The van der Waals surface area contributed by atoms with Crippen molar-refractivity contribution in [3.05, 3.63) is 47.3 Å². The number of nitrogens with zero attached hydrogens (tertiary/aromatic N) is 2. The first kappa shape index (κ1) is 20.8. The van der Waals surface area contributed by atoms with E-state index in [1.54, 1.807) is 7.05 Å². The van der Waals surface area contributed by atoms with Gasteiger partial charge in [0.1, 0.15) is 5.75 Å². The van der Waals surface area contributed by atoms with E-state index in [1.807, 2.05) is 38.1 Å². The van der Waals surface area contributed by atoms with Gasteiger partial charge in [-0.1, -0.05) is 31.1 Å². The van der Waals surface area contributed by atoms with E-state index >= 15 is 0 Å². The molecule has 1 heterocycles. The Morgan fingerprint density at radius 3 is 2.56 bits per heavy atom. The van der Waals surface area contributed by atoms with Crippen LogP contribution < -0.4 is 15.4 Å². The Morgan fingerprint density at radius 2 is 1.89 bits per heavy atom. The van der Waals surface area contributed by atoms with E-state index < -0.39 is 0 Å². The Bertz CT molecular complexity index is 720. The molecule has 2 rings (SSSR count). The number of benzene rings is 1. The molecule has 0 aliphatic heterocycles. The van der Waals surface area contributed by atoms with Crippen molar-refractivity contribution in [1.82, 2.24) is 15.8 Å². The number of ether oxygens (including phenoxy) is 1. The summed E-state index contributed by atoms with van der Waals surface area (Å²) in [7, 11) is 1.75. The van der Waals surface area contributed by atoms with Crippen LogP contribution in [0.3, 0.4) is 0 Å². The molecular formula is C21H32N4O2. The first-order chi connectivity index (χ1) is 13.0. The van der Waals surface area contributed by atoms with Crippen LogP contribution in [0.5, 0.6) is 5.75 Å². The standard InChI is InChI=1S/C21H32N4O2/c1-6-17(7-2)20-12-19(27-25-20)14-24-21(22-5)23-13-16-9-8-10-18(11-16)26-15(3)4/h8-12,15,17H,6-7,13-14H2,1-5H3,(H2,22,23,24). The van der Waals surface area contributed by atoms with E-state index in [4.69, 9.17) is 9.26 Å². The maximum absolute atomic E-state index is 5.74. The van der Waals surface area contributed by atoms with Crippen molar-refractivity contribution < 1.29 is 9.26 Å². The van der Waals surface area contributed by atoms with E-state index in [9.17, 15) is 0 Å². The van der Waals surface area contributed by atoms with Gasteiger partial charge in [-0.3, -0.25) is 4.99 Å². The number of rotatable bonds is 9. The molecule has 0 saturated carbocycles. The van der Waals surface area contributed by atoms with Crippen LogP contribution in [0.1, 0.15) is 63.5 Å². The SMILES string of the molecule is CCC(CC)c1cc(CNC(=NC)NCc2cccc(OC(C)C)c2)on1. The maximum Gasteiger partial charge on any atom is 0.191 e. The Kier molecular flexibility index (Phi) is 8.17. The molecule has 1 aromatic heterocycles. The third-order valence-corrected chi connectivity index (χ3v) is 4.36. The number of aromatic nitrogens is 1. The summed E-state index contributed by atoms with van der Waals surface area (Å²) in [5, 5.41) is 10.8. The Balaban J connectivity index is 1.86. The van der Waals surface area contributed by atoms with Gasteiger partial charge in [0.05, 0.1) is 18.3 Å². The number of hydrogen-bond acceptors (Lipinski definition) is 4. The van der Waals surface area contributed by atoms with Gasteiger partial charge >= 0.3 is 0 Å². The van der Waals surface area contributed by atoms with E-state index in [0.717, 1.165) is 35.6 Å². The fourth-order valence-electron chi connectivity index (χ4n) is 2.89. The number of aliphatic imine (C=N–C) groups is 1. The lowest BCUT2D eigenvalue weighted by atomic mass is 9.99. The minimum absolute atomic E-state index is 0.162. The van der Waals surface area contributed by atoms with Crippen LogP contribution in [-0.2, 0) is 13.1 Å².